The Hall–Kier alpha value is -2.10. The minimum absolute atomic E-state index is 0.192. The molecule has 4 rings (SSSR count). The van der Waals surface area contributed by atoms with Crippen molar-refractivity contribution in [3.63, 3.8) is 0 Å². The highest BCUT2D eigenvalue weighted by Crippen LogP contribution is 2.34. The molecular formula is C19H22N2O2. The number of methoxy groups -OCH3 is 1. The Morgan fingerprint density at radius 3 is 2.83 bits per heavy atom. The maximum atomic E-state index is 12.9. The van der Waals surface area contributed by atoms with Gasteiger partial charge in [-0.25, -0.2) is 4.98 Å². The van der Waals surface area contributed by atoms with Gasteiger partial charge in [0.05, 0.1) is 12.6 Å². The summed E-state index contributed by atoms with van der Waals surface area (Å²) in [5.41, 5.74) is 2.08. The van der Waals surface area contributed by atoms with E-state index >= 15 is 0 Å². The molecule has 0 spiro atoms. The molecule has 2 heterocycles. The second kappa shape index (κ2) is 5.84. The lowest BCUT2D eigenvalue weighted by Crippen LogP contribution is -2.36. The molecule has 0 bridgehead atoms. The van der Waals surface area contributed by atoms with Crippen LogP contribution in [0.5, 0.6) is 5.75 Å². The molecular weight excluding hydrogens is 288 g/mol. The molecule has 120 valence electrons. The summed E-state index contributed by atoms with van der Waals surface area (Å²) in [5, 5.41) is 1.11. The number of fused-ring (bicyclic) bond motifs is 2. The van der Waals surface area contributed by atoms with E-state index in [4.69, 9.17) is 9.72 Å². The van der Waals surface area contributed by atoms with Crippen LogP contribution in [-0.4, -0.2) is 24.5 Å². The van der Waals surface area contributed by atoms with Crippen molar-refractivity contribution in [3.05, 3.63) is 29.8 Å². The molecule has 0 atom stereocenters. The van der Waals surface area contributed by atoms with Crippen LogP contribution in [0, 0.1) is 5.92 Å². The molecule has 1 aliphatic carbocycles. The molecule has 1 saturated carbocycles. The SMILES string of the molecule is COc1ccc2cc3c(nc2c1)N(C(=O)C1CCCCC1)CC3. The van der Waals surface area contributed by atoms with Crippen LogP contribution < -0.4 is 9.64 Å². The molecule has 1 aliphatic heterocycles. The van der Waals surface area contributed by atoms with Crippen molar-refractivity contribution >= 4 is 22.6 Å². The van der Waals surface area contributed by atoms with E-state index in [1.807, 2.05) is 23.1 Å². The number of hydrogen-bond donors (Lipinski definition) is 0. The summed E-state index contributed by atoms with van der Waals surface area (Å²) < 4.78 is 5.29. The van der Waals surface area contributed by atoms with Crippen molar-refractivity contribution in [1.29, 1.82) is 0 Å². The number of aromatic nitrogens is 1. The molecule has 4 heteroatoms. The van der Waals surface area contributed by atoms with E-state index in [9.17, 15) is 4.79 Å². The lowest BCUT2D eigenvalue weighted by molar-refractivity contribution is -0.123. The Balaban J connectivity index is 1.69. The van der Waals surface area contributed by atoms with E-state index in [0.717, 1.165) is 48.3 Å². The van der Waals surface area contributed by atoms with E-state index in [-0.39, 0.29) is 11.8 Å². The first-order valence-corrected chi connectivity index (χ1v) is 8.55. The van der Waals surface area contributed by atoms with Gasteiger partial charge in [-0.3, -0.25) is 9.69 Å². The number of rotatable bonds is 2. The van der Waals surface area contributed by atoms with Crippen LogP contribution in [-0.2, 0) is 11.2 Å². The van der Waals surface area contributed by atoms with E-state index in [0.29, 0.717) is 0 Å². The zero-order valence-electron chi connectivity index (χ0n) is 13.5. The summed E-state index contributed by atoms with van der Waals surface area (Å²) in [6, 6.07) is 8.10. The Morgan fingerprint density at radius 2 is 2.04 bits per heavy atom. The van der Waals surface area contributed by atoms with Gasteiger partial charge >= 0.3 is 0 Å². The molecule has 1 amide bonds. The number of carbonyl (C=O) groups excluding carboxylic acids is 1. The van der Waals surface area contributed by atoms with Crippen LogP contribution in [0.4, 0.5) is 5.82 Å². The quantitative estimate of drug-likeness (QED) is 0.849. The summed E-state index contributed by atoms with van der Waals surface area (Å²) in [4.78, 5) is 19.6. The van der Waals surface area contributed by atoms with Crippen molar-refractivity contribution in [3.8, 4) is 5.75 Å². The largest absolute Gasteiger partial charge is 0.497 e. The number of pyridine rings is 1. The maximum Gasteiger partial charge on any atom is 0.231 e. The first-order chi connectivity index (χ1) is 11.3. The van der Waals surface area contributed by atoms with Gasteiger partial charge < -0.3 is 4.74 Å². The van der Waals surface area contributed by atoms with Crippen LogP contribution in [0.25, 0.3) is 10.9 Å². The van der Waals surface area contributed by atoms with Gasteiger partial charge in [0.25, 0.3) is 0 Å². The summed E-state index contributed by atoms with van der Waals surface area (Å²) in [7, 11) is 1.66. The fourth-order valence-corrected chi connectivity index (χ4v) is 3.85. The van der Waals surface area contributed by atoms with Crippen LogP contribution in [0.3, 0.4) is 0 Å². The Labute approximate surface area is 136 Å². The predicted octanol–water partition coefficient (Wildman–Crippen LogP) is 3.71. The monoisotopic (exact) mass is 310 g/mol. The Kier molecular flexibility index (Phi) is 3.68. The number of anilines is 1. The average molecular weight is 310 g/mol. The topological polar surface area (TPSA) is 42.4 Å². The number of carbonyl (C=O) groups is 1. The van der Waals surface area contributed by atoms with E-state index in [2.05, 4.69) is 6.07 Å². The van der Waals surface area contributed by atoms with Gasteiger partial charge in [-0.05, 0) is 43.0 Å². The first-order valence-electron chi connectivity index (χ1n) is 8.55. The molecule has 0 unspecified atom stereocenters. The van der Waals surface area contributed by atoms with Gasteiger partial charge in [0.15, 0.2) is 0 Å². The molecule has 2 aliphatic rings. The van der Waals surface area contributed by atoms with Gasteiger partial charge in [-0.15, -0.1) is 0 Å². The van der Waals surface area contributed by atoms with Crippen molar-refractivity contribution in [2.24, 2.45) is 5.92 Å². The minimum atomic E-state index is 0.192. The van der Waals surface area contributed by atoms with Crippen LogP contribution in [0.1, 0.15) is 37.7 Å². The van der Waals surface area contributed by atoms with Crippen LogP contribution in [0.15, 0.2) is 24.3 Å². The molecule has 0 N–H and O–H groups in total. The summed E-state index contributed by atoms with van der Waals surface area (Å²) >= 11 is 0. The molecule has 0 saturated heterocycles. The number of ether oxygens (including phenoxy) is 1. The van der Waals surface area contributed by atoms with Crippen molar-refractivity contribution in [1.82, 2.24) is 4.98 Å². The standard InChI is InChI=1S/C19H22N2O2/c1-23-16-8-7-14-11-15-9-10-21(18(15)20-17(14)12-16)19(22)13-5-3-2-4-6-13/h7-8,11-13H,2-6,9-10H2,1H3. The van der Waals surface area contributed by atoms with E-state index < -0.39 is 0 Å². The third kappa shape index (κ3) is 2.56. The smallest absolute Gasteiger partial charge is 0.231 e. The molecule has 23 heavy (non-hydrogen) atoms. The maximum absolute atomic E-state index is 12.9. The fourth-order valence-electron chi connectivity index (χ4n) is 3.85. The number of benzene rings is 1. The predicted molar refractivity (Wildman–Crippen MR) is 90.9 cm³/mol. The average Bonchev–Trinajstić information content (AvgIpc) is 3.02. The fraction of sp³-hybridized carbons (Fsp3) is 0.474. The molecule has 1 aromatic heterocycles. The van der Waals surface area contributed by atoms with Crippen molar-refractivity contribution in [2.45, 2.75) is 38.5 Å². The van der Waals surface area contributed by atoms with Gasteiger partial charge in [0.2, 0.25) is 5.91 Å². The second-order valence-corrected chi connectivity index (χ2v) is 6.60. The number of amides is 1. The normalized spacial score (nSPS) is 18.2. The van der Waals surface area contributed by atoms with Crippen molar-refractivity contribution < 1.29 is 9.53 Å². The number of hydrogen-bond acceptors (Lipinski definition) is 3. The van der Waals surface area contributed by atoms with Crippen LogP contribution in [0.2, 0.25) is 0 Å². The van der Waals surface area contributed by atoms with Gasteiger partial charge in [-0.1, -0.05) is 19.3 Å². The minimum Gasteiger partial charge on any atom is -0.497 e. The lowest BCUT2D eigenvalue weighted by Gasteiger charge is -2.26. The Bertz CT molecular complexity index is 750. The third-order valence-corrected chi connectivity index (χ3v) is 5.16. The summed E-state index contributed by atoms with van der Waals surface area (Å²) in [6.45, 7) is 0.769. The first kappa shape index (κ1) is 14.5. The van der Waals surface area contributed by atoms with Gasteiger partial charge in [0.1, 0.15) is 11.6 Å². The third-order valence-electron chi connectivity index (χ3n) is 5.16. The zero-order valence-corrected chi connectivity index (χ0v) is 13.5. The highest BCUT2D eigenvalue weighted by Gasteiger charge is 2.32. The summed E-state index contributed by atoms with van der Waals surface area (Å²) in [6.07, 6.45) is 6.60. The molecule has 2 aromatic rings. The molecule has 1 aromatic carbocycles. The van der Waals surface area contributed by atoms with Crippen LogP contribution >= 0.6 is 0 Å². The second-order valence-electron chi connectivity index (χ2n) is 6.60. The molecule has 1 fully saturated rings. The highest BCUT2D eigenvalue weighted by atomic mass is 16.5. The lowest BCUT2D eigenvalue weighted by atomic mass is 9.88. The van der Waals surface area contributed by atoms with E-state index in [1.165, 1.54) is 24.8 Å². The Morgan fingerprint density at radius 1 is 1.22 bits per heavy atom. The van der Waals surface area contributed by atoms with Gasteiger partial charge in [0, 0.05) is 23.9 Å². The number of nitrogens with zero attached hydrogens (tertiary/aromatic N) is 2. The van der Waals surface area contributed by atoms with Crippen molar-refractivity contribution in [2.75, 3.05) is 18.6 Å². The zero-order chi connectivity index (χ0) is 15.8. The molecule has 0 radical (unpaired) electrons. The highest BCUT2D eigenvalue weighted by molar-refractivity contribution is 5.97. The molecule has 4 nitrogen and oxygen atoms in total. The van der Waals surface area contributed by atoms with Gasteiger partial charge in [-0.2, -0.15) is 0 Å². The summed E-state index contributed by atoms with van der Waals surface area (Å²) in [5.74, 6) is 2.13. The van der Waals surface area contributed by atoms with E-state index in [1.54, 1.807) is 7.11 Å².